The molecule has 1 fully saturated rings. The van der Waals surface area contributed by atoms with E-state index in [1.807, 2.05) is 19.1 Å². The molecule has 1 aliphatic rings. The maximum atomic E-state index is 11.9. The molecule has 0 radical (unpaired) electrons. The van der Waals surface area contributed by atoms with Crippen LogP contribution in [0, 0.1) is 5.92 Å². The standard InChI is InChI=1S/C12H17NO3S/c1-10-8-13(17(15,16)9-10)12-4-2-11(3-5-12)6-7-14/h2-5,10,14H,6-9H2,1H3. The quantitative estimate of drug-likeness (QED) is 0.877. The van der Waals surface area contributed by atoms with E-state index in [9.17, 15) is 8.42 Å². The molecule has 2 rings (SSSR count). The number of rotatable bonds is 3. The average molecular weight is 255 g/mol. The van der Waals surface area contributed by atoms with Crippen LogP contribution >= 0.6 is 0 Å². The van der Waals surface area contributed by atoms with Gasteiger partial charge in [-0.15, -0.1) is 0 Å². The Morgan fingerprint density at radius 1 is 1.35 bits per heavy atom. The van der Waals surface area contributed by atoms with Gasteiger partial charge in [0.05, 0.1) is 11.4 Å². The van der Waals surface area contributed by atoms with Gasteiger partial charge in [-0.05, 0) is 30.0 Å². The van der Waals surface area contributed by atoms with E-state index in [4.69, 9.17) is 5.11 Å². The number of sulfonamides is 1. The van der Waals surface area contributed by atoms with Gasteiger partial charge in [0.2, 0.25) is 10.0 Å². The maximum absolute atomic E-state index is 11.9. The van der Waals surface area contributed by atoms with Gasteiger partial charge in [0.25, 0.3) is 0 Å². The molecule has 1 atom stereocenters. The first kappa shape index (κ1) is 12.4. The molecular formula is C12H17NO3S. The summed E-state index contributed by atoms with van der Waals surface area (Å²) in [7, 11) is -3.13. The molecule has 5 heteroatoms. The minimum absolute atomic E-state index is 0.110. The van der Waals surface area contributed by atoms with Gasteiger partial charge in [-0.1, -0.05) is 19.1 Å². The smallest absolute Gasteiger partial charge is 0.235 e. The van der Waals surface area contributed by atoms with Crippen LogP contribution in [0.15, 0.2) is 24.3 Å². The van der Waals surface area contributed by atoms with Crippen LogP contribution in [0.5, 0.6) is 0 Å². The molecule has 1 aromatic rings. The van der Waals surface area contributed by atoms with E-state index in [2.05, 4.69) is 0 Å². The zero-order valence-corrected chi connectivity index (χ0v) is 10.7. The lowest BCUT2D eigenvalue weighted by Gasteiger charge is -2.17. The average Bonchev–Trinajstić information content (AvgIpc) is 2.53. The Morgan fingerprint density at radius 2 is 2.00 bits per heavy atom. The van der Waals surface area contributed by atoms with Crippen molar-refractivity contribution in [3.8, 4) is 0 Å². The zero-order valence-electron chi connectivity index (χ0n) is 9.83. The predicted molar refractivity (Wildman–Crippen MR) is 67.5 cm³/mol. The van der Waals surface area contributed by atoms with Crippen molar-refractivity contribution in [1.29, 1.82) is 0 Å². The van der Waals surface area contributed by atoms with Crippen LogP contribution in [0.1, 0.15) is 12.5 Å². The van der Waals surface area contributed by atoms with Crippen molar-refractivity contribution in [3.05, 3.63) is 29.8 Å². The molecule has 1 aliphatic heterocycles. The van der Waals surface area contributed by atoms with Gasteiger partial charge in [0.1, 0.15) is 0 Å². The Kier molecular flexibility index (Phi) is 3.40. The summed E-state index contributed by atoms with van der Waals surface area (Å²) in [5, 5.41) is 8.81. The number of hydrogen-bond donors (Lipinski definition) is 1. The molecule has 0 aromatic heterocycles. The van der Waals surface area contributed by atoms with Crippen molar-refractivity contribution in [2.24, 2.45) is 5.92 Å². The molecule has 1 heterocycles. The van der Waals surface area contributed by atoms with Crippen molar-refractivity contribution in [2.45, 2.75) is 13.3 Å². The lowest BCUT2D eigenvalue weighted by atomic mass is 10.1. The SMILES string of the molecule is CC1CN(c2ccc(CCO)cc2)S(=O)(=O)C1. The van der Waals surface area contributed by atoms with Gasteiger partial charge in [-0.2, -0.15) is 0 Å². The molecule has 1 saturated heterocycles. The zero-order chi connectivity index (χ0) is 12.5. The van der Waals surface area contributed by atoms with Crippen molar-refractivity contribution in [2.75, 3.05) is 23.2 Å². The molecule has 0 saturated carbocycles. The third-order valence-electron chi connectivity index (χ3n) is 2.93. The van der Waals surface area contributed by atoms with E-state index in [0.717, 1.165) is 11.3 Å². The van der Waals surface area contributed by atoms with E-state index in [1.54, 1.807) is 12.1 Å². The van der Waals surface area contributed by atoms with E-state index >= 15 is 0 Å². The first-order chi connectivity index (χ1) is 8.03. The second kappa shape index (κ2) is 4.66. The highest BCUT2D eigenvalue weighted by Crippen LogP contribution is 2.26. The fraction of sp³-hybridized carbons (Fsp3) is 0.500. The minimum Gasteiger partial charge on any atom is -0.396 e. The lowest BCUT2D eigenvalue weighted by molar-refractivity contribution is 0.299. The Morgan fingerprint density at radius 3 is 2.47 bits per heavy atom. The highest BCUT2D eigenvalue weighted by Gasteiger charge is 2.33. The number of aliphatic hydroxyl groups excluding tert-OH is 1. The fourth-order valence-electron chi connectivity index (χ4n) is 2.12. The lowest BCUT2D eigenvalue weighted by Crippen LogP contribution is -2.25. The molecule has 1 N–H and O–H groups in total. The number of benzene rings is 1. The molecule has 1 unspecified atom stereocenters. The van der Waals surface area contributed by atoms with Crippen LogP contribution in [-0.2, 0) is 16.4 Å². The minimum atomic E-state index is -3.13. The molecule has 17 heavy (non-hydrogen) atoms. The summed E-state index contributed by atoms with van der Waals surface area (Å²) in [5.74, 6) is 0.405. The van der Waals surface area contributed by atoms with Gasteiger partial charge in [0, 0.05) is 13.2 Å². The summed E-state index contributed by atoms with van der Waals surface area (Å²) in [5.41, 5.74) is 1.73. The first-order valence-electron chi connectivity index (χ1n) is 5.73. The highest BCUT2D eigenvalue weighted by molar-refractivity contribution is 7.93. The molecule has 94 valence electrons. The van der Waals surface area contributed by atoms with Crippen molar-refractivity contribution in [3.63, 3.8) is 0 Å². The fourth-order valence-corrected chi connectivity index (χ4v) is 4.05. The summed E-state index contributed by atoms with van der Waals surface area (Å²) in [6.45, 7) is 2.61. The predicted octanol–water partition coefficient (Wildman–Crippen LogP) is 1.01. The van der Waals surface area contributed by atoms with Crippen molar-refractivity contribution in [1.82, 2.24) is 0 Å². The third-order valence-corrected chi connectivity index (χ3v) is 4.95. The van der Waals surface area contributed by atoms with E-state index < -0.39 is 10.0 Å². The molecule has 0 spiro atoms. The van der Waals surface area contributed by atoms with Gasteiger partial charge in [-0.3, -0.25) is 4.31 Å². The van der Waals surface area contributed by atoms with Crippen LogP contribution in [0.25, 0.3) is 0 Å². The van der Waals surface area contributed by atoms with Crippen LogP contribution < -0.4 is 4.31 Å². The third kappa shape index (κ3) is 2.61. The Labute approximate surface area is 102 Å². The van der Waals surface area contributed by atoms with E-state index in [0.29, 0.717) is 13.0 Å². The second-order valence-corrected chi connectivity index (χ2v) is 6.49. The van der Waals surface area contributed by atoms with Crippen LogP contribution in [0.3, 0.4) is 0 Å². The normalized spacial score (nSPS) is 22.9. The van der Waals surface area contributed by atoms with Gasteiger partial charge in [-0.25, -0.2) is 8.42 Å². The van der Waals surface area contributed by atoms with Crippen LogP contribution in [0.2, 0.25) is 0 Å². The summed E-state index contributed by atoms with van der Waals surface area (Å²) in [4.78, 5) is 0. The highest BCUT2D eigenvalue weighted by atomic mass is 32.2. The van der Waals surface area contributed by atoms with Gasteiger partial charge in [0.15, 0.2) is 0 Å². The Hall–Kier alpha value is -1.07. The summed E-state index contributed by atoms with van der Waals surface area (Å²) >= 11 is 0. The first-order valence-corrected chi connectivity index (χ1v) is 7.34. The van der Waals surface area contributed by atoms with Crippen molar-refractivity contribution >= 4 is 15.7 Å². The van der Waals surface area contributed by atoms with Crippen molar-refractivity contribution < 1.29 is 13.5 Å². The maximum Gasteiger partial charge on any atom is 0.235 e. The number of aliphatic hydroxyl groups is 1. The Balaban J connectivity index is 2.23. The van der Waals surface area contributed by atoms with Gasteiger partial charge >= 0.3 is 0 Å². The molecule has 0 aliphatic carbocycles. The number of hydrogen-bond acceptors (Lipinski definition) is 3. The van der Waals surface area contributed by atoms with E-state index in [-0.39, 0.29) is 18.3 Å². The second-order valence-electron chi connectivity index (χ2n) is 4.55. The topological polar surface area (TPSA) is 57.6 Å². The summed E-state index contributed by atoms with van der Waals surface area (Å²) in [6, 6.07) is 7.34. The van der Waals surface area contributed by atoms with Crippen LogP contribution in [-0.4, -0.2) is 32.4 Å². The molecular weight excluding hydrogens is 238 g/mol. The largest absolute Gasteiger partial charge is 0.396 e. The molecule has 0 amide bonds. The Bertz CT molecular complexity index is 481. The molecule has 4 nitrogen and oxygen atoms in total. The number of anilines is 1. The number of nitrogens with zero attached hydrogens (tertiary/aromatic N) is 1. The van der Waals surface area contributed by atoms with Gasteiger partial charge < -0.3 is 5.11 Å². The summed E-state index contributed by atoms with van der Waals surface area (Å²) in [6.07, 6.45) is 0.601. The molecule has 1 aromatic carbocycles. The summed E-state index contributed by atoms with van der Waals surface area (Å²) < 4.78 is 25.2. The van der Waals surface area contributed by atoms with E-state index in [1.165, 1.54) is 4.31 Å². The monoisotopic (exact) mass is 255 g/mol. The molecule has 0 bridgehead atoms. The van der Waals surface area contributed by atoms with Crippen LogP contribution in [0.4, 0.5) is 5.69 Å².